The van der Waals surface area contributed by atoms with Crippen LogP contribution in [-0.2, 0) is 10.0 Å². The van der Waals surface area contributed by atoms with Gasteiger partial charge in [0.05, 0.1) is 34.8 Å². The SMILES string of the molecule is C=CCN(c1ccccc1OC)S(=O)(=O)c1ccc(Cl)c(C(=O)Nc2cccc(C(C)=O)c2)c1. The molecule has 3 aromatic carbocycles. The molecule has 1 amide bonds. The van der Waals surface area contributed by atoms with E-state index in [-0.39, 0.29) is 27.8 Å². The Morgan fingerprint density at radius 2 is 1.82 bits per heavy atom. The molecule has 0 aromatic heterocycles. The number of benzene rings is 3. The van der Waals surface area contributed by atoms with Gasteiger partial charge in [0.15, 0.2) is 5.78 Å². The lowest BCUT2D eigenvalue weighted by atomic mass is 10.1. The maximum absolute atomic E-state index is 13.6. The molecule has 3 rings (SSSR count). The van der Waals surface area contributed by atoms with Crippen molar-refractivity contribution in [2.45, 2.75) is 11.8 Å². The molecule has 0 aliphatic heterocycles. The van der Waals surface area contributed by atoms with Crippen molar-refractivity contribution in [3.63, 3.8) is 0 Å². The number of para-hydroxylation sites is 2. The molecule has 176 valence electrons. The van der Waals surface area contributed by atoms with Crippen LogP contribution in [0.25, 0.3) is 0 Å². The average Bonchev–Trinajstić information content (AvgIpc) is 2.82. The van der Waals surface area contributed by atoms with Gasteiger partial charge in [-0.15, -0.1) is 6.58 Å². The summed E-state index contributed by atoms with van der Waals surface area (Å²) in [5, 5.41) is 2.73. The smallest absolute Gasteiger partial charge is 0.264 e. The monoisotopic (exact) mass is 498 g/mol. The number of nitrogens with zero attached hydrogens (tertiary/aromatic N) is 1. The van der Waals surface area contributed by atoms with E-state index < -0.39 is 15.9 Å². The fourth-order valence-corrected chi connectivity index (χ4v) is 4.94. The molecular weight excluding hydrogens is 476 g/mol. The summed E-state index contributed by atoms with van der Waals surface area (Å²) < 4.78 is 33.6. The third-order valence-electron chi connectivity index (χ3n) is 4.95. The summed E-state index contributed by atoms with van der Waals surface area (Å²) in [7, 11) is -2.67. The number of sulfonamides is 1. The summed E-state index contributed by atoms with van der Waals surface area (Å²) in [6.07, 6.45) is 1.45. The van der Waals surface area contributed by atoms with Gasteiger partial charge < -0.3 is 10.1 Å². The molecule has 9 heteroatoms. The molecule has 0 aliphatic rings. The van der Waals surface area contributed by atoms with Crippen LogP contribution >= 0.6 is 11.6 Å². The maximum Gasteiger partial charge on any atom is 0.264 e. The highest BCUT2D eigenvalue weighted by atomic mass is 35.5. The number of rotatable bonds is 9. The first-order valence-corrected chi connectivity index (χ1v) is 12.0. The van der Waals surface area contributed by atoms with E-state index in [9.17, 15) is 18.0 Å². The summed E-state index contributed by atoms with van der Waals surface area (Å²) >= 11 is 6.23. The summed E-state index contributed by atoms with van der Waals surface area (Å²) in [5.74, 6) is -0.401. The minimum atomic E-state index is -4.11. The Balaban J connectivity index is 2.00. The third-order valence-corrected chi connectivity index (χ3v) is 7.05. The second kappa shape index (κ2) is 10.5. The molecular formula is C25H23ClN2O5S. The number of halogens is 1. The van der Waals surface area contributed by atoms with Gasteiger partial charge in [0, 0.05) is 11.3 Å². The van der Waals surface area contributed by atoms with Crippen LogP contribution in [0.2, 0.25) is 5.02 Å². The van der Waals surface area contributed by atoms with Crippen molar-refractivity contribution >= 4 is 44.7 Å². The molecule has 0 spiro atoms. The second-order valence-corrected chi connectivity index (χ2v) is 9.50. The van der Waals surface area contributed by atoms with Gasteiger partial charge in [0.2, 0.25) is 0 Å². The first kappa shape index (κ1) is 25.0. The minimum absolute atomic E-state index is 0.0231. The molecule has 0 bridgehead atoms. The Labute approximate surface area is 203 Å². The van der Waals surface area contributed by atoms with E-state index in [0.29, 0.717) is 22.7 Å². The Kier molecular flexibility index (Phi) is 7.75. The summed E-state index contributed by atoms with van der Waals surface area (Å²) in [5.41, 5.74) is 1.10. The first-order chi connectivity index (χ1) is 16.2. The number of amides is 1. The highest BCUT2D eigenvalue weighted by Crippen LogP contribution is 2.33. The van der Waals surface area contributed by atoms with Crippen molar-refractivity contribution in [1.82, 2.24) is 0 Å². The van der Waals surface area contributed by atoms with Gasteiger partial charge in [0.1, 0.15) is 5.75 Å². The van der Waals surface area contributed by atoms with Crippen molar-refractivity contribution in [1.29, 1.82) is 0 Å². The molecule has 0 unspecified atom stereocenters. The van der Waals surface area contributed by atoms with Crippen molar-refractivity contribution in [2.75, 3.05) is 23.3 Å². The molecule has 0 aliphatic carbocycles. The Morgan fingerprint density at radius 3 is 2.50 bits per heavy atom. The van der Waals surface area contributed by atoms with E-state index in [1.54, 1.807) is 42.5 Å². The summed E-state index contributed by atoms with van der Waals surface area (Å²) in [6, 6.07) is 17.0. The van der Waals surface area contributed by atoms with Gasteiger partial charge in [-0.3, -0.25) is 13.9 Å². The molecule has 0 heterocycles. The largest absolute Gasteiger partial charge is 0.495 e. The predicted octanol–water partition coefficient (Wildman–Crippen LogP) is 5.18. The van der Waals surface area contributed by atoms with Crippen LogP contribution in [0.1, 0.15) is 27.6 Å². The van der Waals surface area contributed by atoms with Gasteiger partial charge in [-0.05, 0) is 49.4 Å². The standard InChI is InChI=1S/C25H23ClN2O5S/c1-4-14-28(23-10-5-6-11-24(23)33-3)34(31,32)20-12-13-22(26)21(16-20)25(30)27-19-9-7-8-18(15-19)17(2)29/h4-13,15-16H,1,14H2,2-3H3,(H,27,30). The average molecular weight is 499 g/mol. The maximum atomic E-state index is 13.6. The van der Waals surface area contributed by atoms with E-state index in [2.05, 4.69) is 11.9 Å². The van der Waals surface area contributed by atoms with Crippen LogP contribution in [0.3, 0.4) is 0 Å². The van der Waals surface area contributed by atoms with Crippen molar-refractivity contribution in [3.05, 3.63) is 95.5 Å². The number of hydrogen-bond donors (Lipinski definition) is 1. The number of carbonyl (C=O) groups is 2. The van der Waals surface area contributed by atoms with E-state index in [1.165, 1.54) is 44.4 Å². The lowest BCUT2D eigenvalue weighted by molar-refractivity contribution is 0.101. The van der Waals surface area contributed by atoms with Gasteiger partial charge in [0.25, 0.3) is 15.9 Å². The Morgan fingerprint density at radius 1 is 1.09 bits per heavy atom. The number of nitrogens with one attached hydrogen (secondary N) is 1. The van der Waals surface area contributed by atoms with Gasteiger partial charge >= 0.3 is 0 Å². The number of ether oxygens (including phenoxy) is 1. The highest BCUT2D eigenvalue weighted by molar-refractivity contribution is 7.92. The molecule has 34 heavy (non-hydrogen) atoms. The van der Waals surface area contributed by atoms with Crippen molar-refractivity contribution < 1.29 is 22.7 Å². The fraction of sp³-hybridized carbons (Fsp3) is 0.120. The van der Waals surface area contributed by atoms with Gasteiger partial charge in [-0.2, -0.15) is 0 Å². The van der Waals surface area contributed by atoms with Crippen LogP contribution in [0, 0.1) is 0 Å². The lowest BCUT2D eigenvalue weighted by Gasteiger charge is -2.25. The van der Waals surface area contributed by atoms with E-state index >= 15 is 0 Å². The number of Topliss-reactive ketones (excluding diaryl/α,β-unsaturated/α-hetero) is 1. The number of hydrogen-bond acceptors (Lipinski definition) is 5. The van der Waals surface area contributed by atoms with Crippen LogP contribution in [0.15, 0.2) is 84.3 Å². The van der Waals surface area contributed by atoms with E-state index in [1.807, 2.05) is 0 Å². The summed E-state index contributed by atoms with van der Waals surface area (Å²) in [4.78, 5) is 24.4. The molecule has 3 aromatic rings. The number of carbonyl (C=O) groups excluding carboxylic acids is 2. The number of anilines is 2. The molecule has 7 nitrogen and oxygen atoms in total. The van der Waals surface area contributed by atoms with Gasteiger partial charge in [-0.1, -0.05) is 41.9 Å². The Bertz CT molecular complexity index is 1350. The summed E-state index contributed by atoms with van der Waals surface area (Å²) in [6.45, 7) is 5.06. The number of methoxy groups -OCH3 is 1. The highest BCUT2D eigenvalue weighted by Gasteiger charge is 2.28. The quantitative estimate of drug-likeness (QED) is 0.324. The number of ketones is 1. The third kappa shape index (κ3) is 5.30. The zero-order chi connectivity index (χ0) is 24.9. The second-order valence-electron chi connectivity index (χ2n) is 7.23. The predicted molar refractivity (Wildman–Crippen MR) is 134 cm³/mol. The van der Waals surface area contributed by atoms with E-state index in [0.717, 1.165) is 4.31 Å². The topological polar surface area (TPSA) is 92.8 Å². The van der Waals surface area contributed by atoms with Crippen LogP contribution in [0.5, 0.6) is 5.75 Å². The Hall–Kier alpha value is -3.62. The molecule has 0 fully saturated rings. The molecule has 0 saturated carbocycles. The molecule has 0 atom stereocenters. The lowest BCUT2D eigenvalue weighted by Crippen LogP contribution is -2.31. The van der Waals surface area contributed by atoms with Crippen molar-refractivity contribution in [2.24, 2.45) is 0 Å². The molecule has 0 saturated heterocycles. The zero-order valence-electron chi connectivity index (χ0n) is 18.6. The minimum Gasteiger partial charge on any atom is -0.495 e. The zero-order valence-corrected chi connectivity index (χ0v) is 20.2. The van der Waals surface area contributed by atoms with Crippen LogP contribution in [0.4, 0.5) is 11.4 Å². The van der Waals surface area contributed by atoms with Crippen LogP contribution < -0.4 is 14.4 Å². The normalized spacial score (nSPS) is 10.9. The van der Waals surface area contributed by atoms with Gasteiger partial charge in [-0.25, -0.2) is 8.42 Å². The molecule has 0 radical (unpaired) electrons. The molecule has 1 N–H and O–H groups in total. The van der Waals surface area contributed by atoms with Crippen LogP contribution in [-0.4, -0.2) is 33.8 Å². The van der Waals surface area contributed by atoms with E-state index in [4.69, 9.17) is 16.3 Å². The fourth-order valence-electron chi connectivity index (χ4n) is 3.26. The van der Waals surface area contributed by atoms with Crippen molar-refractivity contribution in [3.8, 4) is 5.75 Å². The first-order valence-electron chi connectivity index (χ1n) is 10.2.